The van der Waals surface area contributed by atoms with Crippen molar-refractivity contribution >= 4 is 11.8 Å². The number of halogens is 2. The number of urea groups is 1. The number of aryl methyl sites for hydroxylation is 1. The molecule has 1 saturated carbocycles. The van der Waals surface area contributed by atoms with Crippen LogP contribution in [0, 0.1) is 18.6 Å². The smallest absolute Gasteiger partial charge is 0.320 e. The fourth-order valence-electron chi connectivity index (χ4n) is 6.12. The Balaban J connectivity index is 1.16. The second kappa shape index (κ2) is 11.3. The molecule has 0 bridgehead atoms. The minimum atomic E-state index is -0.904. The molecule has 1 aliphatic carbocycles. The number of anilines is 1. The summed E-state index contributed by atoms with van der Waals surface area (Å²) in [5.41, 5.74) is 3.74. The number of nitrogens with one attached hydrogen (secondary N) is 2. The van der Waals surface area contributed by atoms with Crippen molar-refractivity contribution in [2.45, 2.75) is 44.3 Å². The highest BCUT2D eigenvalue weighted by Crippen LogP contribution is 2.37. The van der Waals surface area contributed by atoms with E-state index in [1.165, 1.54) is 6.07 Å². The zero-order chi connectivity index (χ0) is 30.4. The van der Waals surface area contributed by atoms with Gasteiger partial charge in [0.2, 0.25) is 0 Å². The molecule has 10 nitrogen and oxygen atoms in total. The molecule has 2 N–H and O–H groups in total. The van der Waals surface area contributed by atoms with Gasteiger partial charge in [-0.1, -0.05) is 24.3 Å². The molecule has 2 atom stereocenters. The summed E-state index contributed by atoms with van der Waals surface area (Å²) in [6.07, 6.45) is 9.74. The van der Waals surface area contributed by atoms with Crippen molar-refractivity contribution in [2.75, 3.05) is 18.4 Å². The highest BCUT2D eigenvalue weighted by molar-refractivity contribution is 5.91. The molecule has 1 aliphatic heterocycles. The van der Waals surface area contributed by atoms with E-state index in [0.29, 0.717) is 42.8 Å². The van der Waals surface area contributed by atoms with Gasteiger partial charge in [-0.15, -0.1) is 0 Å². The fraction of sp³-hybridized carbons (Fsp3) is 0.312. The summed E-state index contributed by atoms with van der Waals surface area (Å²) in [4.78, 5) is 20.5. The third kappa shape index (κ3) is 5.48. The number of para-hydroxylation sites is 1. The van der Waals surface area contributed by atoms with Crippen molar-refractivity contribution in [1.29, 1.82) is 0 Å². The van der Waals surface area contributed by atoms with Gasteiger partial charge in [-0.2, -0.15) is 10.2 Å². The Morgan fingerprint density at radius 2 is 1.89 bits per heavy atom. The summed E-state index contributed by atoms with van der Waals surface area (Å²) in [5.74, 6) is -0.568. The normalized spacial score (nSPS) is 18.5. The van der Waals surface area contributed by atoms with E-state index >= 15 is 0 Å². The van der Waals surface area contributed by atoms with Gasteiger partial charge >= 0.3 is 6.03 Å². The van der Waals surface area contributed by atoms with E-state index in [9.17, 15) is 13.6 Å². The predicted octanol–water partition coefficient (Wildman–Crippen LogP) is 5.18. The first-order valence-corrected chi connectivity index (χ1v) is 14.7. The lowest BCUT2D eigenvalue weighted by Gasteiger charge is -2.21. The zero-order valence-corrected chi connectivity index (χ0v) is 24.5. The Morgan fingerprint density at radius 1 is 1.07 bits per heavy atom. The summed E-state index contributed by atoms with van der Waals surface area (Å²) >= 11 is 0. The van der Waals surface area contributed by atoms with Gasteiger partial charge in [0, 0.05) is 61.8 Å². The van der Waals surface area contributed by atoms with Gasteiger partial charge in [-0.25, -0.2) is 23.2 Å². The molecule has 2 aromatic carbocycles. The first-order chi connectivity index (χ1) is 21.3. The van der Waals surface area contributed by atoms with Gasteiger partial charge in [-0.05, 0) is 49.6 Å². The Kier molecular flexibility index (Phi) is 7.21. The summed E-state index contributed by atoms with van der Waals surface area (Å²) in [6.45, 7) is 3.58. The van der Waals surface area contributed by atoms with Crippen molar-refractivity contribution in [2.24, 2.45) is 7.05 Å². The Labute approximate surface area is 253 Å². The van der Waals surface area contributed by atoms with Gasteiger partial charge < -0.3 is 9.88 Å². The molecule has 2 fully saturated rings. The second-order valence-electron chi connectivity index (χ2n) is 11.6. The average molecular weight is 598 g/mol. The quantitative estimate of drug-likeness (QED) is 0.257. The van der Waals surface area contributed by atoms with E-state index in [4.69, 9.17) is 5.10 Å². The highest BCUT2D eigenvalue weighted by atomic mass is 19.2. The summed E-state index contributed by atoms with van der Waals surface area (Å²) in [5, 5.41) is 15.3. The molecule has 226 valence electrons. The number of hydrogen-bond donors (Lipinski definition) is 2. The molecule has 5 aromatic rings. The van der Waals surface area contributed by atoms with Crippen molar-refractivity contribution in [3.05, 3.63) is 102 Å². The minimum absolute atomic E-state index is 0.258. The van der Waals surface area contributed by atoms with Crippen LogP contribution in [0.1, 0.15) is 41.8 Å². The summed E-state index contributed by atoms with van der Waals surface area (Å²) < 4.78 is 33.8. The fourth-order valence-corrected chi connectivity index (χ4v) is 6.12. The number of nitrogens with zero attached hydrogens (tertiary/aromatic N) is 7. The number of imidazole rings is 1. The van der Waals surface area contributed by atoms with Crippen LogP contribution in [0.15, 0.2) is 73.3 Å². The van der Waals surface area contributed by atoms with Crippen LogP contribution in [0.2, 0.25) is 0 Å². The molecule has 44 heavy (non-hydrogen) atoms. The van der Waals surface area contributed by atoms with Crippen LogP contribution in [-0.4, -0.2) is 59.2 Å². The number of carbonyl (C=O) groups excluding carboxylic acids is 1. The second-order valence-corrected chi connectivity index (χ2v) is 11.6. The zero-order valence-electron chi connectivity index (χ0n) is 24.5. The number of likely N-dealkylation sites (tertiary alicyclic amines) is 1. The van der Waals surface area contributed by atoms with Crippen LogP contribution in [0.25, 0.3) is 16.9 Å². The Morgan fingerprint density at radius 3 is 2.61 bits per heavy atom. The Bertz CT molecular complexity index is 1810. The Hall–Kier alpha value is -4.84. The molecule has 7 rings (SSSR count). The monoisotopic (exact) mass is 597 g/mol. The number of rotatable bonds is 8. The van der Waals surface area contributed by atoms with Crippen LogP contribution in [0.3, 0.4) is 0 Å². The number of amides is 2. The van der Waals surface area contributed by atoms with Crippen molar-refractivity contribution in [3.8, 4) is 16.9 Å². The summed E-state index contributed by atoms with van der Waals surface area (Å²) in [7, 11) is 1.84. The van der Waals surface area contributed by atoms with Crippen LogP contribution in [0.4, 0.5) is 19.4 Å². The number of hydrogen-bond acceptors (Lipinski definition) is 5. The van der Waals surface area contributed by atoms with E-state index in [0.717, 1.165) is 41.5 Å². The molecular weight excluding hydrogens is 564 g/mol. The first kappa shape index (κ1) is 28.0. The van der Waals surface area contributed by atoms with E-state index in [1.54, 1.807) is 21.6 Å². The maximum atomic E-state index is 14.3. The third-order valence-corrected chi connectivity index (χ3v) is 8.47. The van der Waals surface area contributed by atoms with E-state index < -0.39 is 17.7 Å². The van der Waals surface area contributed by atoms with Crippen LogP contribution >= 0.6 is 0 Å². The summed E-state index contributed by atoms with van der Waals surface area (Å²) in [6, 6.07) is 13.3. The molecule has 3 aromatic heterocycles. The number of benzene rings is 2. The van der Waals surface area contributed by atoms with Gasteiger partial charge in [0.05, 0.1) is 24.5 Å². The lowest BCUT2D eigenvalue weighted by Crippen LogP contribution is -2.42. The highest BCUT2D eigenvalue weighted by Gasteiger charge is 2.37. The molecule has 12 heteroatoms. The predicted molar refractivity (Wildman–Crippen MR) is 161 cm³/mol. The van der Waals surface area contributed by atoms with Crippen LogP contribution in [-0.2, 0) is 13.6 Å². The molecule has 2 amide bonds. The van der Waals surface area contributed by atoms with E-state index in [-0.39, 0.29) is 12.0 Å². The molecule has 1 saturated heterocycles. The first-order valence-electron chi connectivity index (χ1n) is 14.7. The maximum Gasteiger partial charge on any atom is 0.320 e. The third-order valence-electron chi connectivity index (χ3n) is 8.47. The van der Waals surface area contributed by atoms with Crippen LogP contribution < -0.4 is 10.6 Å². The number of aromatic nitrogens is 6. The van der Waals surface area contributed by atoms with Crippen molar-refractivity contribution in [1.82, 2.24) is 39.3 Å². The lowest BCUT2D eigenvalue weighted by atomic mass is 9.94. The van der Waals surface area contributed by atoms with Gasteiger partial charge in [0.1, 0.15) is 17.3 Å². The van der Waals surface area contributed by atoms with Gasteiger partial charge in [0.25, 0.3) is 0 Å². The van der Waals surface area contributed by atoms with Crippen molar-refractivity contribution in [3.63, 3.8) is 0 Å². The van der Waals surface area contributed by atoms with Crippen molar-refractivity contribution < 1.29 is 13.6 Å². The van der Waals surface area contributed by atoms with Gasteiger partial charge in [-0.3, -0.25) is 14.9 Å². The largest absolute Gasteiger partial charge is 0.333 e. The van der Waals surface area contributed by atoms with Gasteiger partial charge in [0.15, 0.2) is 11.6 Å². The van der Waals surface area contributed by atoms with E-state index in [1.807, 2.05) is 62.9 Å². The van der Waals surface area contributed by atoms with Crippen LogP contribution in [0.5, 0.6) is 0 Å². The molecule has 4 heterocycles. The average Bonchev–Trinajstić information content (AvgIpc) is 3.28. The molecular formula is C32H33F2N9O. The number of carbonyl (C=O) groups is 1. The standard InChI is InChI=1S/C32H33F2N9O/c1-20-30(22-15-36-40(2)16-22)39-43(24-6-4-3-5-7-24)31(20)38-32(44)37-28-18-41(19-29-35-12-13-42(29)23-9-10-23)17-25(28)21-8-11-26(33)27(34)14-21/h3-8,11-16,23,25,28H,9-10,17-19H2,1-2H3,(H2,37,38,44)/t25-,28?/m0/s1. The molecule has 2 aliphatic rings. The van der Waals surface area contributed by atoms with E-state index in [2.05, 4.69) is 30.2 Å². The molecule has 0 radical (unpaired) electrons. The SMILES string of the molecule is Cc1c(-c2cnn(C)c2)nn(-c2ccccc2)c1NC(=O)NC1CN(Cc2nccn2C2CC2)C[C@H]1c1ccc(F)c(F)c1. The lowest BCUT2D eigenvalue weighted by molar-refractivity contribution is 0.246. The maximum absolute atomic E-state index is 14.3. The topological polar surface area (TPSA) is 97.8 Å². The molecule has 0 spiro atoms. The molecule has 1 unspecified atom stereocenters. The minimum Gasteiger partial charge on any atom is -0.333 e.